The van der Waals surface area contributed by atoms with E-state index in [0.717, 1.165) is 5.56 Å². The molecule has 0 saturated heterocycles. The topological polar surface area (TPSA) is 0 Å². The van der Waals surface area contributed by atoms with Crippen LogP contribution in [0.25, 0.3) is 0 Å². The van der Waals surface area contributed by atoms with Gasteiger partial charge in [-0.1, -0.05) is 44.2 Å². The maximum Gasteiger partial charge on any atom is 0.259 e. The van der Waals surface area contributed by atoms with Gasteiger partial charge in [0.05, 0.1) is 5.92 Å². The summed E-state index contributed by atoms with van der Waals surface area (Å²) in [7, 11) is 0. The molecule has 2 heteroatoms. The molecule has 0 radical (unpaired) electrons. The van der Waals surface area contributed by atoms with Gasteiger partial charge < -0.3 is 0 Å². The molecule has 14 heavy (non-hydrogen) atoms. The van der Waals surface area contributed by atoms with Crippen molar-refractivity contribution in [3.8, 4) is 0 Å². The van der Waals surface area contributed by atoms with Gasteiger partial charge in [0.1, 0.15) is 0 Å². The van der Waals surface area contributed by atoms with E-state index in [1.807, 2.05) is 32.0 Å². The molecule has 0 bridgehead atoms. The predicted molar refractivity (Wildman–Crippen MR) is 52.5 cm³/mol. The third kappa shape index (κ3) is 1.33. The summed E-state index contributed by atoms with van der Waals surface area (Å²) >= 11 is 0. The van der Waals surface area contributed by atoms with Gasteiger partial charge in [0.2, 0.25) is 0 Å². The van der Waals surface area contributed by atoms with E-state index < -0.39 is 17.8 Å². The Morgan fingerprint density at radius 3 is 2.14 bits per heavy atom. The van der Waals surface area contributed by atoms with Crippen LogP contribution in [0.5, 0.6) is 0 Å². The van der Waals surface area contributed by atoms with Gasteiger partial charge in [-0.15, -0.1) is 0 Å². The van der Waals surface area contributed by atoms with Crippen LogP contribution in [0, 0.1) is 11.8 Å². The second-order valence-electron chi connectivity index (χ2n) is 4.33. The fourth-order valence-electron chi connectivity index (χ4n) is 2.27. The molecule has 0 spiro atoms. The Hall–Kier alpha value is -0.920. The molecule has 1 aliphatic carbocycles. The monoisotopic (exact) mass is 196 g/mol. The van der Waals surface area contributed by atoms with E-state index in [2.05, 4.69) is 0 Å². The highest BCUT2D eigenvalue weighted by Gasteiger charge is 2.69. The normalized spacial score (nSPS) is 29.2. The Kier molecular flexibility index (Phi) is 2.09. The van der Waals surface area contributed by atoms with Crippen LogP contribution in [0.2, 0.25) is 0 Å². The quantitative estimate of drug-likeness (QED) is 0.676. The minimum absolute atomic E-state index is 0.0511. The maximum atomic E-state index is 13.4. The van der Waals surface area contributed by atoms with Crippen LogP contribution in [-0.4, -0.2) is 5.92 Å². The first-order valence-electron chi connectivity index (χ1n) is 4.98. The molecular formula is C12H14F2. The highest BCUT2D eigenvalue weighted by molar-refractivity contribution is 5.32. The SMILES string of the molecule is CC(C)[C@H]1[C@H](c2ccccc2)C1(F)F. The van der Waals surface area contributed by atoms with E-state index in [1.165, 1.54) is 0 Å². The summed E-state index contributed by atoms with van der Waals surface area (Å²) in [6, 6.07) is 9.08. The zero-order valence-corrected chi connectivity index (χ0v) is 8.37. The molecule has 1 aliphatic rings. The molecule has 76 valence electrons. The first kappa shape index (κ1) is 9.63. The molecule has 0 unspecified atom stereocenters. The zero-order valence-electron chi connectivity index (χ0n) is 8.37. The summed E-state index contributed by atoms with van der Waals surface area (Å²) in [5.74, 6) is -3.46. The van der Waals surface area contributed by atoms with Gasteiger partial charge in [-0.3, -0.25) is 0 Å². The van der Waals surface area contributed by atoms with Gasteiger partial charge in [-0.05, 0) is 11.5 Å². The molecule has 1 aromatic carbocycles. The lowest BCUT2D eigenvalue weighted by atomic mass is 10.0. The molecular weight excluding hydrogens is 182 g/mol. The van der Waals surface area contributed by atoms with Crippen molar-refractivity contribution in [1.82, 2.24) is 0 Å². The standard InChI is InChI=1S/C12H14F2/c1-8(2)10-11(12(10,13)14)9-6-4-3-5-7-9/h3-8,10-11H,1-2H3/t10-,11-/m0/s1. The molecule has 0 heterocycles. The van der Waals surface area contributed by atoms with E-state index in [9.17, 15) is 8.78 Å². The second-order valence-corrected chi connectivity index (χ2v) is 4.33. The minimum atomic E-state index is -2.49. The van der Waals surface area contributed by atoms with Crippen LogP contribution in [-0.2, 0) is 0 Å². The summed E-state index contributed by atoms with van der Waals surface area (Å²) in [6.07, 6.45) is 0. The molecule has 1 saturated carbocycles. The van der Waals surface area contributed by atoms with E-state index in [1.54, 1.807) is 12.1 Å². The van der Waals surface area contributed by atoms with Gasteiger partial charge in [0.25, 0.3) is 5.92 Å². The van der Waals surface area contributed by atoms with Gasteiger partial charge in [0.15, 0.2) is 0 Å². The van der Waals surface area contributed by atoms with Crippen molar-refractivity contribution in [2.75, 3.05) is 0 Å². The fraction of sp³-hybridized carbons (Fsp3) is 0.500. The molecule has 0 N–H and O–H groups in total. The van der Waals surface area contributed by atoms with Crippen molar-refractivity contribution in [3.63, 3.8) is 0 Å². The van der Waals surface area contributed by atoms with Gasteiger partial charge in [-0.2, -0.15) is 0 Å². The molecule has 2 rings (SSSR count). The Labute approximate surface area is 82.9 Å². The van der Waals surface area contributed by atoms with Crippen LogP contribution >= 0.6 is 0 Å². The van der Waals surface area contributed by atoms with Crippen LogP contribution < -0.4 is 0 Å². The third-order valence-corrected chi connectivity index (χ3v) is 2.99. The van der Waals surface area contributed by atoms with Crippen LogP contribution in [0.4, 0.5) is 8.78 Å². The van der Waals surface area contributed by atoms with E-state index >= 15 is 0 Å². The lowest BCUT2D eigenvalue weighted by molar-refractivity contribution is 0.0843. The van der Waals surface area contributed by atoms with E-state index in [0.29, 0.717) is 0 Å². The number of benzene rings is 1. The van der Waals surface area contributed by atoms with Crippen LogP contribution in [0.15, 0.2) is 30.3 Å². The number of alkyl halides is 2. The van der Waals surface area contributed by atoms with Crippen molar-refractivity contribution in [3.05, 3.63) is 35.9 Å². The van der Waals surface area contributed by atoms with Crippen molar-refractivity contribution in [2.24, 2.45) is 11.8 Å². The second kappa shape index (κ2) is 3.04. The molecule has 1 fully saturated rings. The Morgan fingerprint density at radius 2 is 1.71 bits per heavy atom. The molecule has 0 nitrogen and oxygen atoms in total. The van der Waals surface area contributed by atoms with Crippen molar-refractivity contribution >= 4 is 0 Å². The number of hydrogen-bond donors (Lipinski definition) is 0. The first-order valence-corrected chi connectivity index (χ1v) is 4.98. The van der Waals surface area contributed by atoms with Gasteiger partial charge in [-0.25, -0.2) is 8.78 Å². The maximum absolute atomic E-state index is 13.4. The van der Waals surface area contributed by atoms with Crippen LogP contribution in [0.3, 0.4) is 0 Å². The fourth-order valence-corrected chi connectivity index (χ4v) is 2.27. The Balaban J connectivity index is 2.23. The summed E-state index contributed by atoms with van der Waals surface area (Å²) in [4.78, 5) is 0. The number of halogens is 2. The largest absolute Gasteiger partial charge is 0.259 e. The molecule has 0 aromatic heterocycles. The Bertz CT molecular complexity index is 316. The van der Waals surface area contributed by atoms with Crippen molar-refractivity contribution in [1.29, 1.82) is 0 Å². The average Bonchev–Trinajstić information content (AvgIpc) is 2.71. The van der Waals surface area contributed by atoms with Gasteiger partial charge >= 0.3 is 0 Å². The first-order chi connectivity index (χ1) is 6.55. The summed E-state index contributed by atoms with van der Waals surface area (Å²) in [5.41, 5.74) is 0.774. The lowest BCUT2D eigenvalue weighted by Crippen LogP contribution is -1.99. The molecule has 0 amide bonds. The van der Waals surface area contributed by atoms with E-state index in [-0.39, 0.29) is 5.92 Å². The third-order valence-electron chi connectivity index (χ3n) is 2.99. The smallest absolute Gasteiger partial charge is 0.206 e. The number of rotatable bonds is 2. The molecule has 0 aliphatic heterocycles. The zero-order chi connectivity index (χ0) is 10.3. The highest BCUT2D eigenvalue weighted by Crippen LogP contribution is 2.64. The van der Waals surface area contributed by atoms with Crippen molar-refractivity contribution < 1.29 is 8.78 Å². The van der Waals surface area contributed by atoms with Gasteiger partial charge in [0, 0.05) is 5.92 Å². The highest BCUT2D eigenvalue weighted by atomic mass is 19.3. The lowest BCUT2D eigenvalue weighted by Gasteiger charge is -2.00. The Morgan fingerprint density at radius 1 is 1.14 bits per heavy atom. The molecule has 2 atom stereocenters. The van der Waals surface area contributed by atoms with Crippen molar-refractivity contribution in [2.45, 2.75) is 25.7 Å². The number of hydrogen-bond acceptors (Lipinski definition) is 0. The van der Waals surface area contributed by atoms with Crippen LogP contribution in [0.1, 0.15) is 25.3 Å². The predicted octanol–water partition coefficient (Wildman–Crippen LogP) is 3.69. The minimum Gasteiger partial charge on any atom is -0.206 e. The molecule has 1 aromatic rings. The summed E-state index contributed by atoms with van der Waals surface area (Å²) < 4.78 is 26.8. The summed E-state index contributed by atoms with van der Waals surface area (Å²) in [5, 5.41) is 0. The summed E-state index contributed by atoms with van der Waals surface area (Å²) in [6.45, 7) is 3.73. The van der Waals surface area contributed by atoms with E-state index in [4.69, 9.17) is 0 Å². The average molecular weight is 196 g/mol.